The highest BCUT2D eigenvalue weighted by Crippen LogP contribution is 2.24. The molecule has 2 aromatic carbocycles. The Morgan fingerprint density at radius 3 is 2.79 bits per heavy atom. The second-order valence-electron chi connectivity index (χ2n) is 4.85. The summed E-state index contributed by atoms with van der Waals surface area (Å²) in [5, 5.41) is 9.01. The SMILES string of the molecule is N#Cc1ccccc1OCc1ccc2c(c1)CCC2. The smallest absolute Gasteiger partial charge is 0.137 e. The Morgan fingerprint density at radius 2 is 1.89 bits per heavy atom. The Kier molecular flexibility index (Phi) is 3.20. The number of rotatable bonds is 3. The van der Waals surface area contributed by atoms with Crippen LogP contribution in [0, 0.1) is 11.3 Å². The molecule has 1 aliphatic rings. The molecule has 0 aromatic heterocycles. The molecular weight excluding hydrogens is 234 g/mol. The summed E-state index contributed by atoms with van der Waals surface area (Å²) < 4.78 is 5.75. The Hall–Kier alpha value is -2.27. The zero-order valence-electron chi connectivity index (χ0n) is 10.7. The Balaban J connectivity index is 1.74. The van der Waals surface area contributed by atoms with Gasteiger partial charge in [0.1, 0.15) is 18.4 Å². The topological polar surface area (TPSA) is 33.0 Å². The summed E-state index contributed by atoms with van der Waals surface area (Å²) in [5.41, 5.74) is 4.69. The van der Waals surface area contributed by atoms with E-state index in [-0.39, 0.29) is 0 Å². The molecule has 0 aliphatic heterocycles. The van der Waals surface area contributed by atoms with Gasteiger partial charge in [-0.3, -0.25) is 0 Å². The van der Waals surface area contributed by atoms with Crippen molar-refractivity contribution in [3.63, 3.8) is 0 Å². The van der Waals surface area contributed by atoms with Gasteiger partial charge in [-0.2, -0.15) is 5.26 Å². The normalized spacial score (nSPS) is 12.8. The number of nitrogens with zero attached hydrogens (tertiary/aromatic N) is 1. The first-order valence-corrected chi connectivity index (χ1v) is 6.59. The summed E-state index contributed by atoms with van der Waals surface area (Å²) in [6.07, 6.45) is 3.64. The molecule has 0 unspecified atom stereocenters. The maximum Gasteiger partial charge on any atom is 0.137 e. The third-order valence-electron chi connectivity index (χ3n) is 3.56. The molecule has 3 rings (SSSR count). The molecule has 2 heteroatoms. The van der Waals surface area contributed by atoms with Crippen molar-refractivity contribution in [3.05, 3.63) is 64.7 Å². The molecule has 2 aromatic rings. The lowest BCUT2D eigenvalue weighted by Gasteiger charge is -2.09. The molecule has 94 valence electrons. The van der Waals surface area contributed by atoms with Crippen LogP contribution < -0.4 is 4.74 Å². The number of fused-ring (bicyclic) bond motifs is 1. The van der Waals surface area contributed by atoms with E-state index in [0.29, 0.717) is 17.9 Å². The quantitative estimate of drug-likeness (QED) is 0.832. The van der Waals surface area contributed by atoms with E-state index in [0.717, 1.165) is 0 Å². The molecule has 1 aliphatic carbocycles. The fourth-order valence-corrected chi connectivity index (χ4v) is 2.56. The van der Waals surface area contributed by atoms with E-state index in [9.17, 15) is 0 Å². The summed E-state index contributed by atoms with van der Waals surface area (Å²) in [7, 11) is 0. The van der Waals surface area contributed by atoms with Gasteiger partial charge in [0.05, 0.1) is 5.56 Å². The van der Waals surface area contributed by atoms with E-state index in [1.54, 1.807) is 6.07 Å². The monoisotopic (exact) mass is 249 g/mol. The molecule has 0 atom stereocenters. The molecular formula is C17H15NO. The number of ether oxygens (including phenoxy) is 1. The minimum atomic E-state index is 0.520. The van der Waals surface area contributed by atoms with Gasteiger partial charge in [-0.25, -0.2) is 0 Å². The van der Waals surface area contributed by atoms with Gasteiger partial charge in [-0.05, 0) is 48.1 Å². The second kappa shape index (κ2) is 5.16. The van der Waals surface area contributed by atoms with Gasteiger partial charge >= 0.3 is 0 Å². The summed E-state index contributed by atoms with van der Waals surface area (Å²) >= 11 is 0. The largest absolute Gasteiger partial charge is 0.488 e. The first-order chi connectivity index (χ1) is 9.36. The Labute approximate surface area is 113 Å². The molecule has 0 spiro atoms. The number of nitriles is 1. The van der Waals surface area contributed by atoms with Crippen LogP contribution in [0.5, 0.6) is 5.75 Å². The van der Waals surface area contributed by atoms with Gasteiger partial charge in [0.2, 0.25) is 0 Å². The molecule has 0 saturated carbocycles. The lowest BCUT2D eigenvalue weighted by molar-refractivity contribution is 0.305. The zero-order chi connectivity index (χ0) is 13.1. The lowest BCUT2D eigenvalue weighted by Crippen LogP contribution is -1.98. The molecule has 0 radical (unpaired) electrons. The van der Waals surface area contributed by atoms with Crippen molar-refractivity contribution in [1.82, 2.24) is 0 Å². The number of hydrogen-bond acceptors (Lipinski definition) is 2. The standard InChI is InChI=1S/C17H15NO/c18-11-16-4-1-2-7-17(16)19-12-13-8-9-14-5-3-6-15(14)10-13/h1-2,4,7-10H,3,5-6,12H2. The predicted octanol–water partition coefficient (Wildman–Crippen LogP) is 3.63. The molecule has 0 bridgehead atoms. The summed E-state index contributed by atoms with van der Waals surface area (Å²) in [4.78, 5) is 0. The van der Waals surface area contributed by atoms with Crippen LogP contribution in [0.2, 0.25) is 0 Å². The minimum absolute atomic E-state index is 0.520. The molecule has 0 saturated heterocycles. The predicted molar refractivity (Wildman–Crippen MR) is 74.0 cm³/mol. The fraction of sp³-hybridized carbons (Fsp3) is 0.235. The average Bonchev–Trinajstić information content (AvgIpc) is 2.93. The van der Waals surface area contributed by atoms with Crippen LogP contribution in [-0.2, 0) is 19.4 Å². The van der Waals surface area contributed by atoms with Crippen LogP contribution in [0.4, 0.5) is 0 Å². The van der Waals surface area contributed by atoms with Gasteiger partial charge in [0.15, 0.2) is 0 Å². The van der Waals surface area contributed by atoms with Crippen LogP contribution in [-0.4, -0.2) is 0 Å². The maximum absolute atomic E-state index is 9.01. The van der Waals surface area contributed by atoms with Crippen LogP contribution >= 0.6 is 0 Å². The van der Waals surface area contributed by atoms with E-state index in [4.69, 9.17) is 10.00 Å². The Bertz CT molecular complexity index is 640. The van der Waals surface area contributed by atoms with Crippen molar-refractivity contribution in [2.24, 2.45) is 0 Å². The number of aryl methyl sites for hydroxylation is 2. The lowest BCUT2D eigenvalue weighted by atomic mass is 10.1. The molecule has 0 heterocycles. The first-order valence-electron chi connectivity index (χ1n) is 6.59. The third kappa shape index (κ3) is 2.46. The highest BCUT2D eigenvalue weighted by molar-refractivity contribution is 5.43. The highest BCUT2D eigenvalue weighted by Gasteiger charge is 2.11. The van der Waals surface area contributed by atoms with Crippen LogP contribution in [0.25, 0.3) is 0 Å². The number of hydrogen-bond donors (Lipinski definition) is 0. The van der Waals surface area contributed by atoms with Crippen LogP contribution in [0.15, 0.2) is 42.5 Å². The molecule has 0 amide bonds. The maximum atomic E-state index is 9.01. The first kappa shape index (κ1) is 11.8. The van der Waals surface area contributed by atoms with Crippen molar-refractivity contribution in [3.8, 4) is 11.8 Å². The highest BCUT2D eigenvalue weighted by atomic mass is 16.5. The van der Waals surface area contributed by atoms with E-state index in [1.165, 1.54) is 36.0 Å². The van der Waals surface area contributed by atoms with Gasteiger partial charge in [-0.1, -0.05) is 30.3 Å². The van der Waals surface area contributed by atoms with E-state index >= 15 is 0 Å². The minimum Gasteiger partial charge on any atom is -0.488 e. The second-order valence-corrected chi connectivity index (χ2v) is 4.85. The van der Waals surface area contributed by atoms with Crippen molar-refractivity contribution in [2.45, 2.75) is 25.9 Å². The van der Waals surface area contributed by atoms with E-state index < -0.39 is 0 Å². The van der Waals surface area contributed by atoms with Gasteiger partial charge in [-0.15, -0.1) is 0 Å². The van der Waals surface area contributed by atoms with Crippen molar-refractivity contribution >= 4 is 0 Å². The number of benzene rings is 2. The molecule has 2 nitrogen and oxygen atoms in total. The van der Waals surface area contributed by atoms with Gasteiger partial charge in [0, 0.05) is 0 Å². The average molecular weight is 249 g/mol. The molecule has 19 heavy (non-hydrogen) atoms. The van der Waals surface area contributed by atoms with E-state index in [2.05, 4.69) is 24.3 Å². The summed E-state index contributed by atoms with van der Waals surface area (Å²) in [5.74, 6) is 0.658. The Morgan fingerprint density at radius 1 is 1.05 bits per heavy atom. The fourth-order valence-electron chi connectivity index (χ4n) is 2.56. The van der Waals surface area contributed by atoms with Crippen LogP contribution in [0.3, 0.4) is 0 Å². The van der Waals surface area contributed by atoms with Crippen LogP contribution in [0.1, 0.15) is 28.7 Å². The van der Waals surface area contributed by atoms with Crippen molar-refractivity contribution in [2.75, 3.05) is 0 Å². The van der Waals surface area contributed by atoms with Gasteiger partial charge < -0.3 is 4.74 Å². The molecule has 0 N–H and O–H groups in total. The van der Waals surface area contributed by atoms with Gasteiger partial charge in [0.25, 0.3) is 0 Å². The van der Waals surface area contributed by atoms with Crippen molar-refractivity contribution in [1.29, 1.82) is 5.26 Å². The van der Waals surface area contributed by atoms with E-state index in [1.807, 2.05) is 18.2 Å². The van der Waals surface area contributed by atoms with Crippen molar-refractivity contribution < 1.29 is 4.74 Å². The summed E-state index contributed by atoms with van der Waals surface area (Å²) in [6.45, 7) is 0.520. The number of para-hydroxylation sites is 1. The third-order valence-corrected chi connectivity index (χ3v) is 3.56. The molecule has 0 fully saturated rings. The zero-order valence-corrected chi connectivity index (χ0v) is 10.7. The summed E-state index contributed by atoms with van der Waals surface area (Å²) in [6, 6.07) is 16.1.